The van der Waals surface area contributed by atoms with Gasteiger partial charge in [0, 0.05) is 274 Å². The summed E-state index contributed by atoms with van der Waals surface area (Å²) in [6.45, 7) is 0. The molecule has 0 aliphatic heterocycles. The average molecular weight is 914 g/mol. The van der Waals surface area contributed by atoms with E-state index in [0.29, 0.717) is 0 Å². The van der Waals surface area contributed by atoms with E-state index in [1.807, 2.05) is 41.7 Å². The van der Waals surface area contributed by atoms with Crippen molar-refractivity contribution in [3.05, 3.63) is 140 Å². The minimum atomic E-state index is -0.994. The highest BCUT2D eigenvalue weighted by Crippen LogP contribution is 2.51. The molecule has 0 saturated carbocycles. The molecule has 7 aromatic carbocycles. The quantitative estimate of drug-likeness (QED) is 0.149. The van der Waals surface area contributed by atoms with E-state index in [0.717, 1.165) is 82.9 Å². The third-order valence-corrected chi connectivity index (χ3v) is 15.8. The first-order valence-electron chi connectivity index (χ1n) is 24.3. The number of furan rings is 3. The van der Waals surface area contributed by atoms with Crippen molar-refractivity contribution in [2.75, 3.05) is 4.90 Å². The van der Waals surface area contributed by atoms with E-state index in [9.17, 15) is 0 Å². The van der Waals surface area contributed by atoms with Gasteiger partial charge >= 0.3 is 0 Å². The molecule has 11 aromatic rings. The van der Waals surface area contributed by atoms with Crippen LogP contribution < -0.4 is 4.90 Å². The Balaban J connectivity index is 0.000000201. The summed E-state index contributed by atoms with van der Waals surface area (Å²) < 4.78 is 21.9. The first kappa shape index (κ1) is 53.1. The van der Waals surface area contributed by atoms with Gasteiger partial charge in [-0.05, 0) is 48.5 Å². The van der Waals surface area contributed by atoms with E-state index in [1.54, 1.807) is 0 Å². The van der Waals surface area contributed by atoms with Gasteiger partial charge in [0.1, 0.15) is 33.5 Å². The number of hydrogen-bond acceptors (Lipinski definition) is 5. The predicted octanol–water partition coefficient (Wildman–Crippen LogP) is 2.94. The van der Waals surface area contributed by atoms with Crippen molar-refractivity contribution >= 4 is 306 Å². The number of benzene rings is 7. The van der Waals surface area contributed by atoms with Crippen LogP contribution >= 0.6 is 11.3 Å². The standard InChI is InChI=1S/C42H23NO3S.B27/c1-5-13-33-26(9-1)28-19-17-24(21-36(28)44-33)43(25-18-20-29-27-10-2-6-14-34(27)45-37(29)22-25)32-23-38-41(30-11-3-7-15-35(30)46-38)42-40(32)31-12-4-8-16-39(31)47-42;1-15-22(14)26(23(16(2)3)17(4)5)27(24(18(6)7)19(8)9)25(20(10)11)21(12)13/h1-23H;. The molecule has 32 heteroatoms. The molecule has 0 aliphatic rings. The lowest BCUT2D eigenvalue weighted by Crippen LogP contribution is -2.86. The van der Waals surface area contributed by atoms with Gasteiger partial charge in [-0.3, -0.25) is 0 Å². The van der Waals surface area contributed by atoms with E-state index >= 15 is 0 Å². The Labute approximate surface area is 460 Å². The molecule has 29 radical (unpaired) electrons. The largest absolute Gasteiger partial charge is 0.456 e. The Morgan fingerprint density at radius 1 is 0.365 bits per heavy atom. The minimum absolute atomic E-state index is 0.724. The summed E-state index contributed by atoms with van der Waals surface area (Å²) in [5.74, 6) is 0. The second-order valence-corrected chi connectivity index (χ2v) is 20.2. The van der Waals surface area contributed by atoms with E-state index in [1.165, 1.54) is 27.2 Å². The molecule has 0 atom stereocenters. The monoisotopic (exact) mass is 918 g/mol. The zero-order valence-corrected chi connectivity index (χ0v) is 41.3. The number of fused-ring (bicyclic) bond motifs is 13. The number of thiophene rings is 1. The van der Waals surface area contributed by atoms with Gasteiger partial charge in [0.05, 0.1) is 5.69 Å². The van der Waals surface area contributed by atoms with Crippen molar-refractivity contribution in [1.82, 2.24) is 0 Å². The smallest absolute Gasteiger partial charge is 0.138 e. The Morgan fingerprint density at radius 3 is 1.23 bits per heavy atom. The molecular weight excluding hydrogens is 890 g/mol. The molecule has 0 N–H and O–H groups in total. The van der Waals surface area contributed by atoms with Gasteiger partial charge in [-0.1, -0.05) is 72.8 Å². The fourth-order valence-electron chi connectivity index (χ4n) is 11.4. The van der Waals surface area contributed by atoms with Crippen LogP contribution in [0.1, 0.15) is 0 Å². The summed E-state index contributed by atoms with van der Waals surface area (Å²) in [6.07, 6.45) is -10.5. The Morgan fingerprint density at radius 2 is 0.757 bits per heavy atom. The van der Waals surface area contributed by atoms with E-state index < -0.39 is 76.6 Å². The molecule has 0 fully saturated rings. The second kappa shape index (κ2) is 22.0. The van der Waals surface area contributed by atoms with Crippen LogP contribution in [0.5, 0.6) is 0 Å². The summed E-state index contributed by atoms with van der Waals surface area (Å²) in [7, 11) is 84.5. The molecule has 0 bridgehead atoms. The van der Waals surface area contributed by atoms with Crippen molar-refractivity contribution in [2.45, 2.75) is 0 Å². The third kappa shape index (κ3) is 9.76. The zero-order chi connectivity index (χ0) is 52.3. The first-order chi connectivity index (χ1) is 35.6. The van der Waals surface area contributed by atoms with Gasteiger partial charge in [-0.15, -0.1) is 11.3 Å². The van der Waals surface area contributed by atoms with Crippen molar-refractivity contribution in [2.24, 2.45) is 0 Å². The topological polar surface area (TPSA) is 42.7 Å². The van der Waals surface area contributed by atoms with Gasteiger partial charge in [-0.25, -0.2) is 0 Å². The second-order valence-electron chi connectivity index (χ2n) is 19.2. The summed E-state index contributed by atoms with van der Waals surface area (Å²) in [6, 6.07) is 48.7. The molecule has 0 amide bonds. The lowest BCUT2D eigenvalue weighted by Gasteiger charge is -2.48. The summed E-state index contributed by atoms with van der Waals surface area (Å²) >= 11 is 1.82. The Hall–Kier alpha value is -4.29. The molecule has 74 heavy (non-hydrogen) atoms. The van der Waals surface area contributed by atoms with Gasteiger partial charge in [0.25, 0.3) is 0 Å². The molecule has 4 heterocycles. The molecule has 0 spiro atoms. The fraction of sp³-hybridized carbons (Fsp3) is 0. The summed E-state index contributed by atoms with van der Waals surface area (Å²) in [5, 5.41) is 9.10. The van der Waals surface area contributed by atoms with Crippen molar-refractivity contribution in [3.8, 4) is 0 Å². The first-order valence-corrected chi connectivity index (χ1v) is 25.1. The van der Waals surface area contributed by atoms with Crippen LogP contribution in [0.25, 0.3) is 86.0 Å². The number of para-hydroxylation sites is 3. The van der Waals surface area contributed by atoms with Crippen LogP contribution in [0, 0.1) is 0 Å². The fourth-order valence-corrected chi connectivity index (χ4v) is 12.6. The van der Waals surface area contributed by atoms with Crippen LogP contribution in [0.2, 0.25) is 0 Å². The molecule has 0 saturated heterocycles. The third-order valence-electron chi connectivity index (χ3n) is 14.6. The van der Waals surface area contributed by atoms with E-state index in [-0.39, 0.29) is 0 Å². The molecular formula is C42H23B27NO3S. The van der Waals surface area contributed by atoms with Gasteiger partial charge in [-0.2, -0.15) is 0 Å². The average Bonchev–Trinajstić information content (AvgIpc) is 4.16. The lowest BCUT2D eigenvalue weighted by atomic mass is 8.33. The van der Waals surface area contributed by atoms with Crippen LogP contribution in [-0.2, 0) is 0 Å². The predicted molar refractivity (Wildman–Crippen MR) is 351 cm³/mol. The molecule has 11 rings (SSSR count). The maximum absolute atomic E-state index is 6.58. The number of rotatable bonds is 15. The molecule has 0 aliphatic carbocycles. The highest BCUT2D eigenvalue weighted by molar-refractivity contribution is 8.25. The SMILES string of the molecule is [B][B]B([B])B(B(B([B])[B])B([B])[B])B(B(B([B])[B])B([B])[B])B(B([B])[B])B([B])[B].c1ccc2c(c1)oc1cc(N(c3ccc4c(c3)oc3ccccc34)c3cc4oc5ccccc5c4c4sc5ccccc5c34)ccc12. The highest BCUT2D eigenvalue weighted by atomic mass is 32.1. The number of hydrogen-bond donors (Lipinski definition) is 0. The molecule has 301 valence electrons. The number of anilines is 3. The molecule has 4 nitrogen and oxygen atoms in total. The zero-order valence-electron chi connectivity index (χ0n) is 40.4. The van der Waals surface area contributed by atoms with E-state index in [2.05, 4.69) is 114 Å². The normalized spacial score (nSPS) is 11.2. The van der Waals surface area contributed by atoms with E-state index in [4.69, 9.17) is 122 Å². The van der Waals surface area contributed by atoms with Gasteiger partial charge in [0.2, 0.25) is 0 Å². The lowest BCUT2D eigenvalue weighted by molar-refractivity contribution is 0.669. The summed E-state index contributed by atoms with van der Waals surface area (Å²) in [4.78, 5) is 2.33. The van der Waals surface area contributed by atoms with Crippen molar-refractivity contribution < 1.29 is 13.3 Å². The van der Waals surface area contributed by atoms with Crippen LogP contribution in [0.4, 0.5) is 17.1 Å². The maximum atomic E-state index is 6.58. The van der Waals surface area contributed by atoms with Crippen molar-refractivity contribution in [1.29, 1.82) is 0 Å². The van der Waals surface area contributed by atoms with Crippen LogP contribution in [-0.4, -0.2) is 192 Å². The minimum Gasteiger partial charge on any atom is -0.456 e. The maximum Gasteiger partial charge on any atom is 0.138 e. The Bertz CT molecular complexity index is 3630. The number of nitrogens with zero attached hydrogens (tertiary/aromatic N) is 1. The van der Waals surface area contributed by atoms with Crippen LogP contribution in [0.15, 0.2) is 153 Å². The molecule has 0 unspecified atom stereocenters. The van der Waals surface area contributed by atoms with Gasteiger partial charge < -0.3 is 18.2 Å². The van der Waals surface area contributed by atoms with Crippen LogP contribution in [0.3, 0.4) is 0 Å². The highest BCUT2D eigenvalue weighted by Gasteiger charge is 2.50. The summed E-state index contributed by atoms with van der Waals surface area (Å²) in [5.41, 5.74) is 8.20. The van der Waals surface area contributed by atoms with Crippen molar-refractivity contribution in [3.63, 3.8) is 0 Å². The molecule has 4 aromatic heterocycles. The van der Waals surface area contributed by atoms with Gasteiger partial charge in [0.15, 0.2) is 0 Å². The Kier molecular flexibility index (Phi) is 15.8.